The molecule has 1 amide bonds. The first-order chi connectivity index (χ1) is 18.9. The van der Waals surface area contributed by atoms with E-state index in [1.165, 1.54) is 25.0 Å². The molecule has 9 heteroatoms. The number of nitrogens with zero attached hydrogens (tertiary/aromatic N) is 3. The molecule has 0 bridgehead atoms. The van der Waals surface area contributed by atoms with Crippen molar-refractivity contribution < 1.29 is 14.0 Å². The number of ketones is 1. The molecule has 3 heterocycles. The van der Waals surface area contributed by atoms with Crippen molar-refractivity contribution in [2.24, 2.45) is 0 Å². The predicted octanol–water partition coefficient (Wildman–Crippen LogP) is 4.87. The van der Waals surface area contributed by atoms with Gasteiger partial charge < -0.3 is 20.1 Å². The number of carbonyl (C=O) groups is 2. The summed E-state index contributed by atoms with van der Waals surface area (Å²) in [6, 6.07) is 8.03. The lowest BCUT2D eigenvalue weighted by Gasteiger charge is -2.21. The van der Waals surface area contributed by atoms with Crippen LogP contribution in [0.4, 0.5) is 4.39 Å². The first-order valence-corrected chi connectivity index (χ1v) is 13.9. The van der Waals surface area contributed by atoms with Gasteiger partial charge >= 0.3 is 0 Å². The molecule has 6 rings (SSSR count). The standard InChI is InChI=1S/C30H31ClFN5O2/c1-18(13-19-14-21(32)7-8-23(19)31)33-24-5-4-6-27(38)28(24)29-34-25-15-20-17-37(12-11-36-9-2-3-10-36)30(39)22(20)16-26(25)35-29/h4-5,7-8,14-16,18,33H,2-3,6,9-13,17H2,1H3,(H,34,35)/t18-/m0/s1. The molecule has 3 aliphatic rings. The van der Waals surface area contributed by atoms with E-state index in [9.17, 15) is 14.0 Å². The van der Waals surface area contributed by atoms with Gasteiger partial charge in [0.05, 0.1) is 16.6 Å². The number of nitrogens with one attached hydrogen (secondary N) is 2. The number of hydrogen-bond acceptors (Lipinski definition) is 5. The monoisotopic (exact) mass is 547 g/mol. The zero-order valence-electron chi connectivity index (χ0n) is 21.9. The third-order valence-electron chi connectivity index (χ3n) is 7.78. The van der Waals surface area contributed by atoms with Crippen molar-refractivity contribution in [3.63, 3.8) is 0 Å². The van der Waals surface area contributed by atoms with Crippen LogP contribution in [0.25, 0.3) is 16.6 Å². The summed E-state index contributed by atoms with van der Waals surface area (Å²) >= 11 is 6.27. The summed E-state index contributed by atoms with van der Waals surface area (Å²) in [5, 5.41) is 3.90. The van der Waals surface area contributed by atoms with Gasteiger partial charge in [0.1, 0.15) is 11.6 Å². The smallest absolute Gasteiger partial charge is 0.254 e. The number of Topliss-reactive ketones (excluding diaryl/α,β-unsaturated/α-hetero) is 1. The summed E-state index contributed by atoms with van der Waals surface area (Å²) in [7, 11) is 0. The minimum absolute atomic E-state index is 0.0405. The molecular weight excluding hydrogens is 517 g/mol. The molecule has 202 valence electrons. The molecule has 3 aromatic rings. The fraction of sp³-hybridized carbons (Fsp3) is 0.367. The van der Waals surface area contributed by atoms with Crippen LogP contribution in [0.5, 0.6) is 0 Å². The third kappa shape index (κ3) is 5.23. The summed E-state index contributed by atoms with van der Waals surface area (Å²) in [4.78, 5) is 38.6. The molecule has 1 aliphatic carbocycles. The van der Waals surface area contributed by atoms with E-state index in [-0.39, 0.29) is 30.0 Å². The molecular formula is C30H31ClFN5O2. The Hall–Kier alpha value is -3.49. The molecule has 0 unspecified atom stereocenters. The molecule has 0 radical (unpaired) electrons. The van der Waals surface area contributed by atoms with Crippen LogP contribution >= 0.6 is 11.6 Å². The molecule has 1 saturated heterocycles. The molecule has 39 heavy (non-hydrogen) atoms. The Morgan fingerprint density at radius 1 is 1.15 bits per heavy atom. The van der Waals surface area contributed by atoms with Gasteiger partial charge in [-0.1, -0.05) is 17.7 Å². The van der Waals surface area contributed by atoms with Gasteiger partial charge in [-0.3, -0.25) is 9.59 Å². The van der Waals surface area contributed by atoms with Gasteiger partial charge in [-0.25, -0.2) is 9.37 Å². The summed E-state index contributed by atoms with van der Waals surface area (Å²) in [5.74, 6) is 0.127. The molecule has 1 aromatic heterocycles. The number of carbonyl (C=O) groups excluding carboxylic acids is 2. The van der Waals surface area contributed by atoms with Crippen molar-refractivity contribution in [2.75, 3.05) is 26.2 Å². The molecule has 0 spiro atoms. The van der Waals surface area contributed by atoms with Gasteiger partial charge in [0.15, 0.2) is 5.78 Å². The SMILES string of the molecule is C[C@@H](Cc1cc(F)ccc1Cl)NC1=C(c2nc3cc4c(cc3[nH]2)CN(CCN2CCCC2)C4=O)C(=O)CC=C1. The minimum Gasteiger partial charge on any atom is -0.382 e. The maximum Gasteiger partial charge on any atom is 0.254 e. The van der Waals surface area contributed by atoms with Crippen LogP contribution in [0.1, 0.15) is 53.5 Å². The molecule has 7 nitrogen and oxygen atoms in total. The van der Waals surface area contributed by atoms with Gasteiger partial charge in [-0.2, -0.15) is 0 Å². The fourth-order valence-corrected chi connectivity index (χ4v) is 5.99. The van der Waals surface area contributed by atoms with Gasteiger partial charge in [-0.15, -0.1) is 0 Å². The average molecular weight is 548 g/mol. The minimum atomic E-state index is -0.336. The summed E-state index contributed by atoms with van der Waals surface area (Å²) < 4.78 is 13.7. The van der Waals surface area contributed by atoms with E-state index < -0.39 is 0 Å². The van der Waals surface area contributed by atoms with Gasteiger partial charge in [0.2, 0.25) is 0 Å². The van der Waals surface area contributed by atoms with E-state index in [1.54, 1.807) is 6.07 Å². The Morgan fingerprint density at radius 2 is 1.97 bits per heavy atom. The molecule has 2 aliphatic heterocycles. The van der Waals surface area contributed by atoms with Crippen molar-refractivity contribution in [1.82, 2.24) is 25.1 Å². The Balaban J connectivity index is 1.23. The summed E-state index contributed by atoms with van der Waals surface area (Å²) in [6.45, 7) is 6.41. The second kappa shape index (κ2) is 10.6. The maximum atomic E-state index is 13.7. The summed E-state index contributed by atoms with van der Waals surface area (Å²) in [5.41, 5.74) is 4.95. The summed E-state index contributed by atoms with van der Waals surface area (Å²) in [6.07, 6.45) is 6.94. The molecule has 2 N–H and O–H groups in total. The molecule has 2 aromatic carbocycles. The first kappa shape index (κ1) is 25.8. The van der Waals surface area contributed by atoms with Crippen LogP contribution < -0.4 is 5.32 Å². The quantitative estimate of drug-likeness (QED) is 0.421. The number of aromatic nitrogens is 2. The number of aromatic amines is 1. The highest BCUT2D eigenvalue weighted by atomic mass is 35.5. The number of rotatable bonds is 8. The number of imidazole rings is 1. The molecule has 1 fully saturated rings. The van der Waals surface area contributed by atoms with Crippen molar-refractivity contribution in [3.05, 3.63) is 81.5 Å². The second-order valence-corrected chi connectivity index (χ2v) is 11.1. The number of amides is 1. The Morgan fingerprint density at radius 3 is 2.79 bits per heavy atom. The van der Waals surface area contributed by atoms with E-state index in [1.807, 2.05) is 36.1 Å². The van der Waals surface area contributed by atoms with E-state index in [4.69, 9.17) is 16.6 Å². The number of likely N-dealkylation sites (tertiary alicyclic amines) is 1. The largest absolute Gasteiger partial charge is 0.382 e. The zero-order valence-corrected chi connectivity index (χ0v) is 22.7. The van der Waals surface area contributed by atoms with Gasteiger partial charge in [0, 0.05) is 48.4 Å². The average Bonchev–Trinajstić information content (AvgIpc) is 3.63. The first-order valence-electron chi connectivity index (χ1n) is 13.5. The van der Waals surface area contributed by atoms with E-state index in [0.717, 1.165) is 37.3 Å². The third-order valence-corrected chi connectivity index (χ3v) is 8.15. The maximum absolute atomic E-state index is 13.7. The Kier molecular flexibility index (Phi) is 6.99. The lowest BCUT2D eigenvalue weighted by Crippen LogP contribution is -2.33. The van der Waals surface area contributed by atoms with Crippen LogP contribution in [0.3, 0.4) is 0 Å². The Bertz CT molecular complexity index is 1520. The topological polar surface area (TPSA) is 81.3 Å². The van der Waals surface area contributed by atoms with Gasteiger partial charge in [-0.05, 0) is 86.8 Å². The highest BCUT2D eigenvalue weighted by Gasteiger charge is 2.30. The second-order valence-electron chi connectivity index (χ2n) is 10.7. The predicted molar refractivity (Wildman–Crippen MR) is 150 cm³/mol. The highest BCUT2D eigenvalue weighted by molar-refractivity contribution is 6.31. The lowest BCUT2D eigenvalue weighted by molar-refractivity contribution is -0.113. The Labute approximate surface area is 231 Å². The fourth-order valence-electron chi connectivity index (χ4n) is 5.79. The number of H-pyrrole nitrogens is 1. The van der Waals surface area contributed by atoms with Crippen LogP contribution in [0, 0.1) is 5.82 Å². The van der Waals surface area contributed by atoms with E-state index >= 15 is 0 Å². The van der Waals surface area contributed by atoms with Crippen molar-refractivity contribution >= 4 is 39.9 Å². The van der Waals surface area contributed by atoms with Crippen molar-refractivity contribution in [3.8, 4) is 0 Å². The van der Waals surface area contributed by atoms with Crippen LogP contribution in [0.2, 0.25) is 5.02 Å². The number of allylic oxidation sites excluding steroid dienone is 3. The highest BCUT2D eigenvalue weighted by Crippen LogP contribution is 2.30. The van der Waals surface area contributed by atoms with E-state index in [0.29, 0.717) is 51.7 Å². The van der Waals surface area contributed by atoms with Crippen LogP contribution in [-0.2, 0) is 17.8 Å². The van der Waals surface area contributed by atoms with E-state index in [2.05, 4.69) is 15.2 Å². The van der Waals surface area contributed by atoms with Gasteiger partial charge in [0.25, 0.3) is 5.91 Å². The number of halogens is 2. The normalized spacial score (nSPS) is 18.5. The molecule has 0 saturated carbocycles. The number of benzene rings is 2. The number of fused-ring (bicyclic) bond motifs is 2. The zero-order chi connectivity index (χ0) is 27.1. The van der Waals surface area contributed by atoms with Crippen molar-refractivity contribution in [1.29, 1.82) is 0 Å². The lowest BCUT2D eigenvalue weighted by atomic mass is 9.98. The van der Waals surface area contributed by atoms with Crippen LogP contribution in [-0.4, -0.2) is 63.7 Å². The van der Waals surface area contributed by atoms with Crippen LogP contribution in [0.15, 0.2) is 48.2 Å². The molecule has 1 atom stereocenters. The number of hydrogen-bond donors (Lipinski definition) is 2. The van der Waals surface area contributed by atoms with Crippen molar-refractivity contribution in [2.45, 2.75) is 45.2 Å².